The Morgan fingerprint density at radius 3 is 2.57 bits per heavy atom. The van der Waals surface area contributed by atoms with Gasteiger partial charge in [0.25, 0.3) is 0 Å². The Morgan fingerprint density at radius 2 is 1.90 bits per heavy atom. The molecule has 0 bridgehead atoms. The van der Waals surface area contributed by atoms with Gasteiger partial charge in [-0.25, -0.2) is 8.78 Å². The minimum Gasteiger partial charge on any atom is -0.396 e. The van der Waals surface area contributed by atoms with Gasteiger partial charge in [-0.15, -0.1) is 0 Å². The molecule has 2 N–H and O–H groups in total. The molecule has 1 aromatic rings. The van der Waals surface area contributed by atoms with E-state index in [0.717, 1.165) is 31.9 Å². The molecular formula is C16H23F2NO2. The second kappa shape index (κ2) is 7.82. The van der Waals surface area contributed by atoms with Gasteiger partial charge < -0.3 is 15.1 Å². The number of rotatable bonds is 6. The highest BCUT2D eigenvalue weighted by Crippen LogP contribution is 2.23. The first-order valence-electron chi connectivity index (χ1n) is 7.59. The maximum atomic E-state index is 13.2. The molecule has 1 heterocycles. The summed E-state index contributed by atoms with van der Waals surface area (Å²) < 4.78 is 26.3. The molecule has 3 nitrogen and oxygen atoms in total. The standard InChI is InChI=1S/C16H23F2NO2/c17-13-9-12(10-14(18)11-13)16(21)4-7-19-6-2-1-3-15(19)5-8-20/h9-11,15-16,20-21H,1-8H2. The predicted molar refractivity (Wildman–Crippen MR) is 76.8 cm³/mol. The molecule has 0 amide bonds. The van der Waals surface area contributed by atoms with Crippen LogP contribution in [0.25, 0.3) is 0 Å². The number of aliphatic hydroxyl groups excluding tert-OH is 2. The van der Waals surface area contributed by atoms with E-state index in [-0.39, 0.29) is 12.2 Å². The minimum absolute atomic E-state index is 0.166. The van der Waals surface area contributed by atoms with Gasteiger partial charge in [-0.2, -0.15) is 0 Å². The van der Waals surface area contributed by atoms with Gasteiger partial charge in [0, 0.05) is 25.3 Å². The van der Waals surface area contributed by atoms with Gasteiger partial charge in [-0.1, -0.05) is 6.42 Å². The Kier molecular flexibility index (Phi) is 6.08. The second-order valence-corrected chi connectivity index (χ2v) is 5.71. The van der Waals surface area contributed by atoms with Gasteiger partial charge in [-0.05, 0) is 49.9 Å². The van der Waals surface area contributed by atoms with E-state index >= 15 is 0 Å². The van der Waals surface area contributed by atoms with Crippen LogP contribution in [0.15, 0.2) is 18.2 Å². The third-order valence-electron chi connectivity index (χ3n) is 4.17. The van der Waals surface area contributed by atoms with Crippen molar-refractivity contribution in [1.29, 1.82) is 0 Å². The number of aliphatic hydroxyl groups is 2. The number of benzene rings is 1. The molecule has 1 fully saturated rings. The maximum Gasteiger partial charge on any atom is 0.126 e. The summed E-state index contributed by atoms with van der Waals surface area (Å²) in [6.07, 6.45) is 3.65. The first-order valence-corrected chi connectivity index (χ1v) is 7.59. The molecule has 0 radical (unpaired) electrons. The summed E-state index contributed by atoms with van der Waals surface area (Å²) in [6, 6.07) is 3.50. The lowest BCUT2D eigenvalue weighted by atomic mass is 9.98. The maximum absolute atomic E-state index is 13.2. The van der Waals surface area contributed by atoms with E-state index < -0.39 is 17.7 Å². The lowest BCUT2D eigenvalue weighted by Gasteiger charge is -2.36. The van der Waals surface area contributed by atoms with E-state index in [1.54, 1.807) is 0 Å². The molecule has 0 aromatic heterocycles. The average molecular weight is 299 g/mol. The van der Waals surface area contributed by atoms with Gasteiger partial charge in [-0.3, -0.25) is 0 Å². The first-order chi connectivity index (χ1) is 10.1. The summed E-state index contributed by atoms with van der Waals surface area (Å²) >= 11 is 0. The SMILES string of the molecule is OCCC1CCCCN1CCC(O)c1cc(F)cc(F)c1. The van der Waals surface area contributed by atoms with Crippen LogP contribution in [0.2, 0.25) is 0 Å². The highest BCUT2D eigenvalue weighted by atomic mass is 19.1. The van der Waals surface area contributed by atoms with Crippen molar-refractivity contribution in [1.82, 2.24) is 4.90 Å². The summed E-state index contributed by atoms with van der Waals surface area (Å²) in [6.45, 7) is 1.79. The van der Waals surface area contributed by atoms with Gasteiger partial charge in [0.2, 0.25) is 0 Å². The lowest BCUT2D eigenvalue weighted by molar-refractivity contribution is 0.0889. The largest absolute Gasteiger partial charge is 0.396 e. The van der Waals surface area contributed by atoms with Crippen molar-refractivity contribution in [3.63, 3.8) is 0 Å². The van der Waals surface area contributed by atoms with Gasteiger partial charge in [0.1, 0.15) is 11.6 Å². The molecule has 1 aliphatic rings. The number of hydrogen-bond acceptors (Lipinski definition) is 3. The Morgan fingerprint density at radius 1 is 1.19 bits per heavy atom. The molecule has 1 aromatic carbocycles. The van der Waals surface area contributed by atoms with Crippen LogP contribution in [0.3, 0.4) is 0 Å². The van der Waals surface area contributed by atoms with E-state index in [4.69, 9.17) is 5.11 Å². The molecule has 1 saturated heterocycles. The summed E-state index contributed by atoms with van der Waals surface area (Å²) in [5.74, 6) is -1.33. The molecule has 2 unspecified atom stereocenters. The zero-order valence-electron chi connectivity index (χ0n) is 12.1. The van der Waals surface area contributed by atoms with Crippen molar-refractivity contribution < 1.29 is 19.0 Å². The molecule has 0 saturated carbocycles. The fourth-order valence-corrected chi connectivity index (χ4v) is 3.05. The van der Waals surface area contributed by atoms with E-state index in [0.29, 0.717) is 19.0 Å². The summed E-state index contributed by atoms with van der Waals surface area (Å²) in [4.78, 5) is 2.26. The summed E-state index contributed by atoms with van der Waals surface area (Å²) in [5.41, 5.74) is 0.281. The zero-order chi connectivity index (χ0) is 15.2. The number of nitrogens with zero attached hydrogens (tertiary/aromatic N) is 1. The third kappa shape index (κ3) is 4.73. The van der Waals surface area contributed by atoms with Crippen molar-refractivity contribution in [2.45, 2.75) is 44.2 Å². The van der Waals surface area contributed by atoms with E-state index in [9.17, 15) is 13.9 Å². The Balaban J connectivity index is 1.91. The van der Waals surface area contributed by atoms with E-state index in [1.807, 2.05) is 0 Å². The van der Waals surface area contributed by atoms with Crippen molar-refractivity contribution in [3.05, 3.63) is 35.4 Å². The lowest BCUT2D eigenvalue weighted by Crippen LogP contribution is -2.41. The molecule has 21 heavy (non-hydrogen) atoms. The van der Waals surface area contributed by atoms with Crippen molar-refractivity contribution in [2.24, 2.45) is 0 Å². The van der Waals surface area contributed by atoms with Crippen molar-refractivity contribution in [3.8, 4) is 0 Å². The number of hydrogen-bond donors (Lipinski definition) is 2. The van der Waals surface area contributed by atoms with E-state index in [1.165, 1.54) is 18.6 Å². The van der Waals surface area contributed by atoms with Crippen molar-refractivity contribution >= 4 is 0 Å². The van der Waals surface area contributed by atoms with E-state index in [2.05, 4.69) is 4.90 Å². The highest BCUT2D eigenvalue weighted by molar-refractivity contribution is 5.20. The van der Waals surface area contributed by atoms with Crippen LogP contribution in [0, 0.1) is 11.6 Å². The first kappa shape index (κ1) is 16.3. The van der Waals surface area contributed by atoms with Crippen LogP contribution in [0.1, 0.15) is 43.8 Å². The second-order valence-electron chi connectivity index (χ2n) is 5.71. The molecule has 0 aliphatic carbocycles. The predicted octanol–water partition coefficient (Wildman–Crippen LogP) is 2.63. The highest BCUT2D eigenvalue weighted by Gasteiger charge is 2.22. The molecule has 0 spiro atoms. The molecule has 2 rings (SSSR count). The van der Waals surface area contributed by atoms with Crippen LogP contribution >= 0.6 is 0 Å². The Bertz CT molecular complexity index is 434. The number of piperidine rings is 1. The average Bonchev–Trinajstić information content (AvgIpc) is 2.45. The zero-order valence-corrected chi connectivity index (χ0v) is 12.1. The fourth-order valence-electron chi connectivity index (χ4n) is 3.05. The third-order valence-corrected chi connectivity index (χ3v) is 4.17. The molecule has 2 atom stereocenters. The van der Waals surface area contributed by atoms with Crippen LogP contribution in [-0.2, 0) is 0 Å². The fraction of sp³-hybridized carbons (Fsp3) is 0.625. The van der Waals surface area contributed by atoms with Crippen LogP contribution in [0.5, 0.6) is 0 Å². The monoisotopic (exact) mass is 299 g/mol. The van der Waals surface area contributed by atoms with Crippen LogP contribution in [0.4, 0.5) is 8.78 Å². The quantitative estimate of drug-likeness (QED) is 0.848. The van der Waals surface area contributed by atoms with Gasteiger partial charge >= 0.3 is 0 Å². The summed E-state index contributed by atoms with van der Waals surface area (Å²) in [5, 5.41) is 19.2. The summed E-state index contributed by atoms with van der Waals surface area (Å²) in [7, 11) is 0. The van der Waals surface area contributed by atoms with Gasteiger partial charge in [0.05, 0.1) is 6.10 Å². The number of likely N-dealkylation sites (tertiary alicyclic amines) is 1. The number of halogens is 2. The normalized spacial score (nSPS) is 21.4. The Labute approximate surface area is 124 Å². The molecule has 5 heteroatoms. The molecule has 118 valence electrons. The smallest absolute Gasteiger partial charge is 0.126 e. The van der Waals surface area contributed by atoms with Crippen LogP contribution in [-0.4, -0.2) is 40.9 Å². The molecular weight excluding hydrogens is 276 g/mol. The van der Waals surface area contributed by atoms with Gasteiger partial charge in [0.15, 0.2) is 0 Å². The van der Waals surface area contributed by atoms with Crippen molar-refractivity contribution in [2.75, 3.05) is 19.7 Å². The minimum atomic E-state index is -0.869. The molecule has 1 aliphatic heterocycles. The Hall–Kier alpha value is -1.04. The van der Waals surface area contributed by atoms with Crippen LogP contribution < -0.4 is 0 Å². The topological polar surface area (TPSA) is 43.7 Å².